The van der Waals surface area contributed by atoms with Crippen molar-refractivity contribution in [1.29, 1.82) is 0 Å². The van der Waals surface area contributed by atoms with E-state index in [0.29, 0.717) is 39.3 Å². The maximum absolute atomic E-state index is 13.2. The van der Waals surface area contributed by atoms with E-state index < -0.39 is 41.9 Å². The quantitative estimate of drug-likeness (QED) is 0.510. The summed E-state index contributed by atoms with van der Waals surface area (Å²) in [7, 11) is 0. The first-order valence-corrected chi connectivity index (χ1v) is 10.7. The van der Waals surface area contributed by atoms with Crippen molar-refractivity contribution in [3.63, 3.8) is 0 Å². The number of ether oxygens (including phenoxy) is 1. The molecule has 1 N–H and O–H groups in total. The second-order valence-electron chi connectivity index (χ2n) is 8.49. The van der Waals surface area contributed by atoms with Crippen molar-refractivity contribution in [2.24, 2.45) is 0 Å². The molecule has 2 aliphatic rings. The van der Waals surface area contributed by atoms with Gasteiger partial charge in [0.2, 0.25) is 0 Å². The number of anilines is 1. The molecule has 0 saturated heterocycles. The molecule has 6 nitrogen and oxygen atoms in total. The summed E-state index contributed by atoms with van der Waals surface area (Å²) in [6, 6.07) is 13.2. The molecule has 0 radical (unpaired) electrons. The summed E-state index contributed by atoms with van der Waals surface area (Å²) in [5.41, 5.74) is 2.23. The van der Waals surface area contributed by atoms with Gasteiger partial charge in [0, 0.05) is 11.1 Å². The predicted molar refractivity (Wildman–Crippen MR) is 119 cm³/mol. The molecule has 1 atom stereocenters. The number of Topliss-reactive ketones (excluding diaryl/α,β-unsaturated/α-hetero) is 1. The van der Waals surface area contributed by atoms with E-state index in [2.05, 4.69) is 0 Å². The molecule has 3 aromatic rings. The van der Waals surface area contributed by atoms with Crippen LogP contribution in [-0.4, -0.2) is 22.8 Å². The van der Waals surface area contributed by atoms with E-state index >= 15 is 0 Å². The minimum Gasteiger partial charge on any atom is -0.484 e. The Morgan fingerprint density at radius 2 is 1.74 bits per heavy atom. The number of rotatable bonds is 4. The molecule has 0 aliphatic carbocycles. The second-order valence-corrected chi connectivity index (χ2v) is 8.49. The summed E-state index contributed by atoms with van der Waals surface area (Å²) in [6.07, 6.45) is -5.90. The van der Waals surface area contributed by atoms with Crippen LogP contribution in [0.25, 0.3) is 11.1 Å². The molecule has 2 aliphatic heterocycles. The summed E-state index contributed by atoms with van der Waals surface area (Å²) in [5, 5.41) is 9.46. The summed E-state index contributed by atoms with van der Waals surface area (Å²) in [6.45, 7) is 1.62. The van der Waals surface area contributed by atoms with Gasteiger partial charge < -0.3 is 14.7 Å². The number of carboxylic acid groups (broad SMARTS) is 1. The van der Waals surface area contributed by atoms with E-state index in [1.54, 1.807) is 37.3 Å². The molecular formula is C26H18F3NO5. The summed E-state index contributed by atoms with van der Waals surface area (Å²) < 4.78 is 44.7. The van der Waals surface area contributed by atoms with Gasteiger partial charge in [-0.25, -0.2) is 0 Å². The van der Waals surface area contributed by atoms with Crippen molar-refractivity contribution in [2.45, 2.75) is 32.2 Å². The van der Waals surface area contributed by atoms with Gasteiger partial charge >= 0.3 is 12.1 Å². The first kappa shape index (κ1) is 22.6. The van der Waals surface area contributed by atoms with Crippen LogP contribution in [0.1, 0.15) is 45.1 Å². The average molecular weight is 481 g/mol. The van der Waals surface area contributed by atoms with Crippen LogP contribution in [0.4, 0.5) is 18.9 Å². The molecule has 0 spiro atoms. The standard InChI is InChI=1S/C26H18F3NO5/c1-13-10-17-16-4-2-3-5-18(16)35-19(11-20(31)32)21(17)22-23(13)30(25(34)24(22)33)12-14-6-8-15(9-7-14)26(27,28)29/h2-10,19H,11-12H2,1H3,(H,31,32). The fraction of sp³-hybridized carbons (Fsp3) is 0.192. The molecule has 2 heterocycles. The molecule has 1 unspecified atom stereocenters. The molecule has 3 aromatic carbocycles. The molecule has 178 valence electrons. The number of hydrogen-bond acceptors (Lipinski definition) is 4. The van der Waals surface area contributed by atoms with Gasteiger partial charge in [-0.3, -0.25) is 14.4 Å². The number of halogens is 3. The van der Waals surface area contributed by atoms with Crippen molar-refractivity contribution in [2.75, 3.05) is 4.90 Å². The number of aliphatic carboxylic acids is 1. The Morgan fingerprint density at radius 1 is 1.06 bits per heavy atom. The zero-order chi connectivity index (χ0) is 25.1. The van der Waals surface area contributed by atoms with Gasteiger partial charge in [0.15, 0.2) is 0 Å². The lowest BCUT2D eigenvalue weighted by molar-refractivity contribution is -0.139. The highest BCUT2D eigenvalue weighted by molar-refractivity contribution is 6.53. The van der Waals surface area contributed by atoms with Gasteiger partial charge in [-0.1, -0.05) is 30.3 Å². The number of nitrogens with zero attached hydrogens (tertiary/aromatic N) is 1. The SMILES string of the molecule is Cc1cc2c(c3c1N(Cc1ccc(C(F)(F)F)cc1)C(=O)C3=O)C(CC(=O)O)Oc1ccccc1-2. The molecule has 0 fully saturated rings. The Labute approximate surface area is 197 Å². The Balaban J connectivity index is 1.63. The molecule has 0 aromatic heterocycles. The van der Waals surface area contributed by atoms with E-state index in [1.807, 2.05) is 0 Å². The third kappa shape index (κ3) is 3.73. The van der Waals surface area contributed by atoms with Crippen LogP contribution >= 0.6 is 0 Å². The van der Waals surface area contributed by atoms with Crippen LogP contribution in [0.5, 0.6) is 5.75 Å². The molecule has 0 saturated carbocycles. The number of carboxylic acids is 1. The normalized spacial score (nSPS) is 16.5. The average Bonchev–Trinajstić information content (AvgIpc) is 3.04. The third-order valence-corrected chi connectivity index (χ3v) is 6.22. The van der Waals surface area contributed by atoms with Gasteiger partial charge in [-0.15, -0.1) is 0 Å². The van der Waals surface area contributed by atoms with Crippen LogP contribution < -0.4 is 9.64 Å². The number of alkyl halides is 3. The number of hydrogen-bond donors (Lipinski definition) is 1. The highest BCUT2D eigenvalue weighted by Crippen LogP contribution is 2.50. The summed E-state index contributed by atoms with van der Waals surface area (Å²) >= 11 is 0. The molecule has 0 bridgehead atoms. The topological polar surface area (TPSA) is 83.9 Å². The fourth-order valence-corrected chi connectivity index (χ4v) is 4.73. The lowest BCUT2D eigenvalue weighted by Gasteiger charge is -2.30. The summed E-state index contributed by atoms with van der Waals surface area (Å²) in [4.78, 5) is 39.1. The van der Waals surface area contributed by atoms with E-state index in [0.717, 1.165) is 12.1 Å². The molecular weight excluding hydrogens is 463 g/mol. The van der Waals surface area contributed by atoms with Crippen molar-refractivity contribution in [1.82, 2.24) is 0 Å². The lowest BCUT2D eigenvalue weighted by Crippen LogP contribution is -2.29. The Hall–Kier alpha value is -4.14. The number of ketones is 1. The van der Waals surface area contributed by atoms with Crippen molar-refractivity contribution >= 4 is 23.3 Å². The largest absolute Gasteiger partial charge is 0.484 e. The van der Waals surface area contributed by atoms with E-state index in [4.69, 9.17) is 4.74 Å². The summed E-state index contributed by atoms with van der Waals surface area (Å²) in [5.74, 6) is -2.29. The number of carbonyl (C=O) groups excluding carboxylic acids is 2. The molecule has 1 amide bonds. The number of carbonyl (C=O) groups is 3. The van der Waals surface area contributed by atoms with Gasteiger partial charge in [-0.05, 0) is 47.9 Å². The Morgan fingerprint density at radius 3 is 2.40 bits per heavy atom. The first-order chi connectivity index (χ1) is 16.6. The van der Waals surface area contributed by atoms with Crippen LogP contribution in [0, 0.1) is 6.92 Å². The van der Waals surface area contributed by atoms with Gasteiger partial charge in [0.1, 0.15) is 11.9 Å². The molecule has 35 heavy (non-hydrogen) atoms. The number of para-hydroxylation sites is 1. The lowest BCUT2D eigenvalue weighted by atomic mass is 9.85. The van der Waals surface area contributed by atoms with Gasteiger partial charge in [0.25, 0.3) is 11.7 Å². The minimum atomic E-state index is -4.49. The Bertz CT molecular complexity index is 1400. The Kier molecular flexibility index (Phi) is 5.16. The third-order valence-electron chi connectivity index (χ3n) is 6.22. The van der Waals surface area contributed by atoms with Crippen LogP contribution in [0.2, 0.25) is 0 Å². The first-order valence-electron chi connectivity index (χ1n) is 10.7. The molecule has 5 rings (SSSR count). The van der Waals surface area contributed by atoms with Crippen LogP contribution in [0.15, 0.2) is 54.6 Å². The maximum Gasteiger partial charge on any atom is 0.416 e. The van der Waals surface area contributed by atoms with Crippen molar-refractivity contribution < 1.29 is 37.4 Å². The van der Waals surface area contributed by atoms with E-state index in [9.17, 15) is 32.7 Å². The highest BCUT2D eigenvalue weighted by Gasteiger charge is 2.44. The minimum absolute atomic E-state index is 0.0812. The maximum atomic E-state index is 13.2. The zero-order valence-electron chi connectivity index (χ0n) is 18.3. The number of fused-ring (bicyclic) bond motifs is 5. The number of amides is 1. The second kappa shape index (κ2) is 7.97. The van der Waals surface area contributed by atoms with Crippen molar-refractivity contribution in [3.8, 4) is 16.9 Å². The van der Waals surface area contributed by atoms with Crippen LogP contribution in [-0.2, 0) is 22.3 Å². The molecule has 9 heteroatoms. The van der Waals surface area contributed by atoms with E-state index in [-0.39, 0.29) is 12.1 Å². The van der Waals surface area contributed by atoms with Gasteiger partial charge in [-0.2, -0.15) is 13.2 Å². The van der Waals surface area contributed by atoms with Gasteiger partial charge in [0.05, 0.1) is 29.8 Å². The predicted octanol–water partition coefficient (Wildman–Crippen LogP) is 5.32. The zero-order valence-corrected chi connectivity index (χ0v) is 18.3. The van der Waals surface area contributed by atoms with Crippen molar-refractivity contribution in [3.05, 3.63) is 82.4 Å². The smallest absolute Gasteiger partial charge is 0.416 e. The number of benzene rings is 3. The van der Waals surface area contributed by atoms with Crippen LogP contribution in [0.3, 0.4) is 0 Å². The fourth-order valence-electron chi connectivity index (χ4n) is 4.73. The highest BCUT2D eigenvalue weighted by atomic mass is 19.4. The van der Waals surface area contributed by atoms with E-state index in [1.165, 1.54) is 17.0 Å². The number of aryl methyl sites for hydroxylation is 1. The monoisotopic (exact) mass is 481 g/mol.